The maximum Gasteiger partial charge on any atom is 0.146 e. The molecule has 1 unspecified atom stereocenters. The van der Waals surface area contributed by atoms with Gasteiger partial charge in [0.05, 0.1) is 11.7 Å². The maximum absolute atomic E-state index is 13.8. The molecule has 0 fully saturated rings. The molecular formula is C17H18FN. The second-order valence-corrected chi connectivity index (χ2v) is 5.27. The molecule has 2 aromatic carbocycles. The lowest BCUT2D eigenvalue weighted by atomic mass is 9.87. The topological polar surface area (TPSA) is 12.0 Å². The highest BCUT2D eigenvalue weighted by Gasteiger charge is 2.20. The smallest absolute Gasteiger partial charge is 0.146 e. The maximum atomic E-state index is 13.8. The van der Waals surface area contributed by atoms with Gasteiger partial charge in [-0.05, 0) is 55.0 Å². The van der Waals surface area contributed by atoms with Crippen LogP contribution in [0.4, 0.5) is 10.1 Å². The van der Waals surface area contributed by atoms with Crippen molar-refractivity contribution in [2.24, 2.45) is 0 Å². The van der Waals surface area contributed by atoms with Crippen molar-refractivity contribution in [2.45, 2.75) is 32.2 Å². The van der Waals surface area contributed by atoms with Gasteiger partial charge < -0.3 is 5.32 Å². The van der Waals surface area contributed by atoms with Gasteiger partial charge in [0.15, 0.2) is 0 Å². The quantitative estimate of drug-likeness (QED) is 0.825. The summed E-state index contributed by atoms with van der Waals surface area (Å²) in [5.41, 5.74) is 4.39. The first-order valence-electron chi connectivity index (χ1n) is 6.84. The average Bonchev–Trinajstić information content (AvgIpc) is 2.43. The Kier molecular flexibility index (Phi) is 3.24. The fourth-order valence-corrected chi connectivity index (χ4v) is 2.84. The van der Waals surface area contributed by atoms with Crippen LogP contribution in [0.25, 0.3) is 0 Å². The highest BCUT2D eigenvalue weighted by atomic mass is 19.1. The van der Waals surface area contributed by atoms with Crippen molar-refractivity contribution in [1.82, 2.24) is 0 Å². The third-order valence-electron chi connectivity index (χ3n) is 3.82. The van der Waals surface area contributed by atoms with Crippen LogP contribution in [0.1, 0.15) is 35.6 Å². The zero-order valence-electron chi connectivity index (χ0n) is 11.1. The molecule has 1 aliphatic rings. The van der Waals surface area contributed by atoms with Crippen molar-refractivity contribution in [3.63, 3.8) is 0 Å². The van der Waals surface area contributed by atoms with Gasteiger partial charge >= 0.3 is 0 Å². The highest BCUT2D eigenvalue weighted by molar-refractivity contribution is 5.50. The molecule has 3 rings (SSSR count). The second-order valence-electron chi connectivity index (χ2n) is 5.27. The van der Waals surface area contributed by atoms with E-state index in [4.69, 9.17) is 0 Å². The summed E-state index contributed by atoms with van der Waals surface area (Å²) in [5, 5.41) is 3.37. The fourth-order valence-electron chi connectivity index (χ4n) is 2.84. The van der Waals surface area contributed by atoms with Crippen LogP contribution in [0.2, 0.25) is 0 Å². The van der Waals surface area contributed by atoms with Gasteiger partial charge in [0, 0.05) is 0 Å². The largest absolute Gasteiger partial charge is 0.376 e. The van der Waals surface area contributed by atoms with E-state index in [1.807, 2.05) is 13.0 Å². The van der Waals surface area contributed by atoms with Crippen molar-refractivity contribution < 1.29 is 4.39 Å². The normalized spacial score (nSPS) is 17.9. The first-order valence-corrected chi connectivity index (χ1v) is 6.84. The summed E-state index contributed by atoms with van der Waals surface area (Å²) in [4.78, 5) is 0. The third-order valence-corrected chi connectivity index (χ3v) is 3.82. The minimum Gasteiger partial charge on any atom is -0.376 e. The molecule has 2 aromatic rings. The Morgan fingerprint density at radius 3 is 2.89 bits per heavy atom. The fraction of sp³-hybridized carbons (Fsp3) is 0.294. The lowest BCUT2D eigenvalue weighted by Gasteiger charge is -2.27. The monoisotopic (exact) mass is 255 g/mol. The van der Waals surface area contributed by atoms with E-state index in [2.05, 4.69) is 29.6 Å². The number of rotatable bonds is 2. The summed E-state index contributed by atoms with van der Waals surface area (Å²) in [5.74, 6) is -0.173. The van der Waals surface area contributed by atoms with E-state index in [1.165, 1.54) is 17.2 Å². The van der Waals surface area contributed by atoms with Crippen LogP contribution < -0.4 is 5.32 Å². The van der Waals surface area contributed by atoms with Crippen LogP contribution in [0.5, 0.6) is 0 Å². The first-order chi connectivity index (χ1) is 9.24. The Balaban J connectivity index is 1.90. The van der Waals surface area contributed by atoms with Gasteiger partial charge in [-0.2, -0.15) is 0 Å². The number of hydrogen-bond acceptors (Lipinski definition) is 1. The minimum absolute atomic E-state index is 0.173. The molecule has 98 valence electrons. The minimum atomic E-state index is -0.173. The van der Waals surface area contributed by atoms with E-state index in [-0.39, 0.29) is 11.9 Å². The Morgan fingerprint density at radius 2 is 2.00 bits per heavy atom. The van der Waals surface area contributed by atoms with Gasteiger partial charge in [-0.3, -0.25) is 0 Å². The second kappa shape index (κ2) is 5.04. The van der Waals surface area contributed by atoms with Gasteiger partial charge in [0.25, 0.3) is 0 Å². The van der Waals surface area contributed by atoms with E-state index in [9.17, 15) is 4.39 Å². The molecule has 0 heterocycles. The SMILES string of the molecule is Cc1ccc(F)c(NC2CCCc3ccccc32)c1. The van der Waals surface area contributed by atoms with E-state index in [1.54, 1.807) is 6.07 Å². The van der Waals surface area contributed by atoms with Crippen molar-refractivity contribution in [1.29, 1.82) is 0 Å². The molecule has 0 saturated heterocycles. The average molecular weight is 255 g/mol. The Bertz CT molecular complexity index is 592. The van der Waals surface area contributed by atoms with Crippen molar-refractivity contribution in [3.05, 3.63) is 65.0 Å². The van der Waals surface area contributed by atoms with Crippen LogP contribution in [-0.4, -0.2) is 0 Å². The first kappa shape index (κ1) is 12.2. The molecule has 19 heavy (non-hydrogen) atoms. The zero-order valence-corrected chi connectivity index (χ0v) is 11.1. The molecule has 0 aliphatic heterocycles. The summed E-state index contributed by atoms with van der Waals surface area (Å²) < 4.78 is 13.8. The van der Waals surface area contributed by atoms with Gasteiger partial charge in [-0.15, -0.1) is 0 Å². The number of fused-ring (bicyclic) bond motifs is 1. The van der Waals surface area contributed by atoms with Crippen LogP contribution in [0, 0.1) is 12.7 Å². The number of benzene rings is 2. The molecule has 0 amide bonds. The molecule has 0 spiro atoms. The molecule has 1 nitrogen and oxygen atoms in total. The number of anilines is 1. The number of nitrogens with one attached hydrogen (secondary N) is 1. The highest BCUT2D eigenvalue weighted by Crippen LogP contribution is 2.33. The van der Waals surface area contributed by atoms with Gasteiger partial charge in [-0.1, -0.05) is 30.3 Å². The number of aryl methyl sites for hydroxylation is 2. The van der Waals surface area contributed by atoms with E-state index in [0.29, 0.717) is 5.69 Å². The third kappa shape index (κ3) is 2.48. The summed E-state index contributed by atoms with van der Waals surface area (Å²) in [6.07, 6.45) is 3.34. The summed E-state index contributed by atoms with van der Waals surface area (Å²) in [6.45, 7) is 1.99. The van der Waals surface area contributed by atoms with Crippen molar-refractivity contribution >= 4 is 5.69 Å². The van der Waals surface area contributed by atoms with Gasteiger partial charge in [-0.25, -0.2) is 4.39 Å². The molecule has 2 heteroatoms. The predicted octanol–water partition coefficient (Wildman–Crippen LogP) is 4.62. The van der Waals surface area contributed by atoms with Crippen LogP contribution in [0.3, 0.4) is 0 Å². The lowest BCUT2D eigenvalue weighted by molar-refractivity contribution is 0.586. The van der Waals surface area contributed by atoms with E-state index >= 15 is 0 Å². The van der Waals surface area contributed by atoms with Gasteiger partial charge in [0.1, 0.15) is 5.82 Å². The summed E-state index contributed by atoms with van der Waals surface area (Å²) in [6, 6.07) is 13.9. The lowest BCUT2D eigenvalue weighted by Crippen LogP contribution is -2.17. The number of halogens is 1. The molecule has 0 aromatic heterocycles. The molecule has 0 saturated carbocycles. The van der Waals surface area contributed by atoms with Crippen LogP contribution in [-0.2, 0) is 6.42 Å². The zero-order chi connectivity index (χ0) is 13.2. The number of hydrogen-bond donors (Lipinski definition) is 1. The molecule has 0 bridgehead atoms. The summed E-state index contributed by atoms with van der Waals surface area (Å²) >= 11 is 0. The standard InChI is InChI=1S/C17H18FN/c1-12-9-10-15(18)17(11-12)19-16-8-4-6-13-5-2-3-7-14(13)16/h2-3,5,7,9-11,16,19H,4,6,8H2,1H3. The van der Waals surface area contributed by atoms with Crippen LogP contribution in [0.15, 0.2) is 42.5 Å². The summed E-state index contributed by atoms with van der Waals surface area (Å²) in [7, 11) is 0. The van der Waals surface area contributed by atoms with Gasteiger partial charge in [0.2, 0.25) is 0 Å². The van der Waals surface area contributed by atoms with Crippen molar-refractivity contribution in [3.8, 4) is 0 Å². The van der Waals surface area contributed by atoms with Crippen LogP contribution >= 0.6 is 0 Å². The molecule has 1 aliphatic carbocycles. The Hall–Kier alpha value is -1.83. The molecule has 1 atom stereocenters. The molecule has 1 N–H and O–H groups in total. The predicted molar refractivity (Wildman–Crippen MR) is 76.9 cm³/mol. The van der Waals surface area contributed by atoms with Crippen molar-refractivity contribution in [2.75, 3.05) is 5.32 Å². The van der Waals surface area contributed by atoms with E-state index < -0.39 is 0 Å². The molecular weight excluding hydrogens is 237 g/mol. The Morgan fingerprint density at radius 1 is 1.16 bits per heavy atom. The molecule has 0 radical (unpaired) electrons. The van der Waals surface area contributed by atoms with E-state index in [0.717, 1.165) is 24.8 Å². The Labute approximate surface area is 113 Å².